The summed E-state index contributed by atoms with van der Waals surface area (Å²) in [5.41, 5.74) is 1.66. The second-order valence-electron chi connectivity index (χ2n) is 10.2. The molecule has 232 valence electrons. The predicted octanol–water partition coefficient (Wildman–Crippen LogP) is 7.71. The summed E-state index contributed by atoms with van der Waals surface area (Å²) in [5, 5.41) is 21.5. The molecule has 6 rings (SSSR count). The van der Waals surface area contributed by atoms with Crippen molar-refractivity contribution >= 4 is 68.9 Å². The fourth-order valence-corrected chi connectivity index (χ4v) is 7.36. The van der Waals surface area contributed by atoms with Crippen molar-refractivity contribution < 1.29 is 28.9 Å². The van der Waals surface area contributed by atoms with E-state index in [9.17, 15) is 14.7 Å². The SMILES string of the molecule is CCCCOc1cccc([C@H]2C(=C(O)c3ccc4c(c3)OCCO4)C(=O)C(=O)N2c2nnc(SCc3ccc(Cl)cc3Cl)s2)c1. The summed E-state index contributed by atoms with van der Waals surface area (Å²) in [6.45, 7) is 3.36. The second-order valence-corrected chi connectivity index (χ2v) is 13.2. The van der Waals surface area contributed by atoms with Crippen molar-refractivity contribution in [3.05, 3.63) is 93.0 Å². The molecule has 1 fully saturated rings. The maximum Gasteiger partial charge on any atom is 0.301 e. The molecule has 3 aromatic carbocycles. The lowest BCUT2D eigenvalue weighted by Crippen LogP contribution is -2.29. The standard InChI is InChI=1S/C32H27Cl2N3O6S2/c1-2-3-11-41-22-6-4-5-18(14-22)27-26(28(38)19-8-10-24-25(15-19)43-13-12-42-24)29(39)30(40)37(27)31-35-36-32(45-31)44-17-20-7-9-21(33)16-23(20)34/h4-10,14-16,27,38H,2-3,11-13,17H2,1H3/t27-/m0/s1. The van der Waals surface area contributed by atoms with Gasteiger partial charge in [-0.15, -0.1) is 10.2 Å². The number of carbonyl (C=O) groups is 2. The summed E-state index contributed by atoms with van der Waals surface area (Å²) in [5.74, 6) is 0.0333. The Hall–Kier alpha value is -3.77. The number of hydrogen-bond donors (Lipinski definition) is 1. The fourth-order valence-electron chi connectivity index (χ4n) is 4.94. The summed E-state index contributed by atoms with van der Waals surface area (Å²) in [7, 11) is 0. The number of aliphatic hydroxyl groups excluding tert-OH is 1. The lowest BCUT2D eigenvalue weighted by molar-refractivity contribution is -0.132. The van der Waals surface area contributed by atoms with Crippen LogP contribution in [-0.2, 0) is 15.3 Å². The van der Waals surface area contributed by atoms with Crippen LogP contribution in [0.25, 0.3) is 5.76 Å². The summed E-state index contributed by atoms with van der Waals surface area (Å²) < 4.78 is 17.8. The molecule has 1 aromatic heterocycles. The Kier molecular flexibility index (Phi) is 9.50. The first-order valence-corrected chi connectivity index (χ1v) is 16.7. The van der Waals surface area contributed by atoms with Crippen LogP contribution in [0.3, 0.4) is 0 Å². The number of Topliss-reactive ketones (excluding diaryl/α,β-unsaturated/α-hetero) is 1. The summed E-state index contributed by atoms with van der Waals surface area (Å²) in [4.78, 5) is 28.7. The van der Waals surface area contributed by atoms with Crippen molar-refractivity contribution in [3.8, 4) is 17.2 Å². The molecular formula is C32H27Cl2N3O6S2. The van der Waals surface area contributed by atoms with Crippen LogP contribution in [0.5, 0.6) is 17.2 Å². The number of ether oxygens (including phenoxy) is 3. The number of aliphatic hydroxyl groups is 1. The first-order valence-electron chi connectivity index (χ1n) is 14.2. The van der Waals surface area contributed by atoms with Gasteiger partial charge in [-0.25, -0.2) is 0 Å². The van der Waals surface area contributed by atoms with Crippen LogP contribution in [0.2, 0.25) is 10.0 Å². The highest BCUT2D eigenvalue weighted by Gasteiger charge is 2.48. The van der Waals surface area contributed by atoms with E-state index in [1.54, 1.807) is 48.5 Å². The molecule has 0 bridgehead atoms. The van der Waals surface area contributed by atoms with E-state index >= 15 is 0 Å². The number of halogens is 2. The average molecular weight is 685 g/mol. The number of unbranched alkanes of at least 4 members (excludes halogenated alkanes) is 1. The maximum atomic E-state index is 13.7. The molecular weight excluding hydrogens is 657 g/mol. The van der Waals surface area contributed by atoms with E-state index in [1.807, 2.05) is 12.1 Å². The molecule has 0 unspecified atom stereocenters. The highest BCUT2D eigenvalue weighted by atomic mass is 35.5. The van der Waals surface area contributed by atoms with Crippen molar-refractivity contribution in [2.75, 3.05) is 24.7 Å². The number of benzene rings is 3. The first-order chi connectivity index (χ1) is 21.8. The first kappa shape index (κ1) is 31.2. The second kappa shape index (κ2) is 13.7. The van der Waals surface area contributed by atoms with E-state index in [0.717, 1.165) is 29.7 Å². The zero-order valence-electron chi connectivity index (χ0n) is 24.0. The third kappa shape index (κ3) is 6.62. The number of hydrogen-bond acceptors (Lipinski definition) is 10. The molecule has 1 N–H and O–H groups in total. The Morgan fingerprint density at radius 3 is 2.69 bits per heavy atom. The smallest absolute Gasteiger partial charge is 0.301 e. The van der Waals surface area contributed by atoms with Gasteiger partial charge in [0.15, 0.2) is 15.8 Å². The number of nitrogens with zero attached hydrogens (tertiary/aromatic N) is 3. The topological polar surface area (TPSA) is 111 Å². The third-order valence-electron chi connectivity index (χ3n) is 7.17. The Balaban J connectivity index is 1.38. The predicted molar refractivity (Wildman–Crippen MR) is 175 cm³/mol. The minimum atomic E-state index is -0.996. The molecule has 0 radical (unpaired) electrons. The largest absolute Gasteiger partial charge is 0.507 e. The van der Waals surface area contributed by atoms with E-state index in [2.05, 4.69) is 17.1 Å². The molecule has 0 aliphatic carbocycles. The maximum absolute atomic E-state index is 13.7. The van der Waals surface area contributed by atoms with Gasteiger partial charge in [0.25, 0.3) is 5.78 Å². The van der Waals surface area contributed by atoms with Gasteiger partial charge in [-0.1, -0.05) is 77.8 Å². The quantitative estimate of drug-likeness (QED) is 0.0448. The van der Waals surface area contributed by atoms with Gasteiger partial charge in [0.2, 0.25) is 5.13 Å². The molecule has 1 amide bonds. The number of carbonyl (C=O) groups excluding carboxylic acids is 2. The Bertz CT molecular complexity index is 1800. The van der Waals surface area contributed by atoms with Gasteiger partial charge >= 0.3 is 5.91 Å². The molecule has 0 spiro atoms. The highest BCUT2D eigenvalue weighted by molar-refractivity contribution is 8.00. The van der Waals surface area contributed by atoms with E-state index < -0.39 is 17.7 Å². The fraction of sp³-hybridized carbons (Fsp3) is 0.250. The molecule has 13 heteroatoms. The number of rotatable bonds is 10. The lowest BCUT2D eigenvalue weighted by atomic mass is 9.95. The van der Waals surface area contributed by atoms with Crippen LogP contribution < -0.4 is 19.1 Å². The molecule has 1 saturated heterocycles. The van der Waals surface area contributed by atoms with E-state index in [-0.39, 0.29) is 16.5 Å². The molecule has 3 heterocycles. The van der Waals surface area contributed by atoms with Gasteiger partial charge in [0.05, 0.1) is 18.2 Å². The van der Waals surface area contributed by atoms with Gasteiger partial charge in [0.1, 0.15) is 24.7 Å². The summed E-state index contributed by atoms with van der Waals surface area (Å²) >= 11 is 14.9. The van der Waals surface area contributed by atoms with E-state index in [0.29, 0.717) is 68.3 Å². The summed E-state index contributed by atoms with van der Waals surface area (Å²) in [6, 6.07) is 16.3. The number of amides is 1. The van der Waals surface area contributed by atoms with E-state index in [4.69, 9.17) is 37.4 Å². The lowest BCUT2D eigenvalue weighted by Gasteiger charge is -2.23. The van der Waals surface area contributed by atoms with Gasteiger partial charge in [-0.2, -0.15) is 0 Å². The number of thioether (sulfide) groups is 1. The number of aromatic nitrogens is 2. The van der Waals surface area contributed by atoms with Crippen molar-refractivity contribution in [2.24, 2.45) is 0 Å². The van der Waals surface area contributed by atoms with Gasteiger partial charge < -0.3 is 19.3 Å². The number of ketones is 1. The van der Waals surface area contributed by atoms with Crippen LogP contribution in [0, 0.1) is 0 Å². The average Bonchev–Trinajstić information content (AvgIpc) is 3.62. The summed E-state index contributed by atoms with van der Waals surface area (Å²) in [6.07, 6.45) is 1.84. The van der Waals surface area contributed by atoms with Crippen LogP contribution in [0.4, 0.5) is 5.13 Å². The molecule has 4 aromatic rings. The van der Waals surface area contributed by atoms with Crippen LogP contribution in [-0.4, -0.2) is 46.8 Å². The van der Waals surface area contributed by atoms with Crippen LogP contribution in [0.1, 0.15) is 42.5 Å². The molecule has 9 nitrogen and oxygen atoms in total. The zero-order valence-corrected chi connectivity index (χ0v) is 27.1. The van der Waals surface area contributed by atoms with Crippen molar-refractivity contribution in [1.29, 1.82) is 0 Å². The minimum Gasteiger partial charge on any atom is -0.507 e. The normalized spacial score (nSPS) is 17.1. The monoisotopic (exact) mass is 683 g/mol. The molecule has 2 aliphatic rings. The highest BCUT2D eigenvalue weighted by Crippen LogP contribution is 2.45. The Morgan fingerprint density at radius 2 is 1.89 bits per heavy atom. The van der Waals surface area contributed by atoms with Gasteiger partial charge in [-0.3, -0.25) is 14.5 Å². The molecule has 1 atom stereocenters. The minimum absolute atomic E-state index is 0.0836. The Labute approximate surface area is 277 Å². The van der Waals surface area contributed by atoms with Crippen molar-refractivity contribution in [2.45, 2.75) is 35.9 Å². The van der Waals surface area contributed by atoms with Gasteiger partial charge in [-0.05, 0) is 60.0 Å². The van der Waals surface area contributed by atoms with Crippen LogP contribution >= 0.6 is 46.3 Å². The third-order valence-corrected chi connectivity index (χ3v) is 9.86. The number of anilines is 1. The van der Waals surface area contributed by atoms with Crippen molar-refractivity contribution in [1.82, 2.24) is 10.2 Å². The number of fused-ring (bicyclic) bond motifs is 1. The van der Waals surface area contributed by atoms with Gasteiger partial charge in [0, 0.05) is 21.4 Å². The van der Waals surface area contributed by atoms with E-state index in [1.165, 1.54) is 16.7 Å². The molecule has 45 heavy (non-hydrogen) atoms. The molecule has 0 saturated carbocycles. The molecule has 2 aliphatic heterocycles. The van der Waals surface area contributed by atoms with Crippen molar-refractivity contribution in [3.63, 3.8) is 0 Å². The Morgan fingerprint density at radius 1 is 1.07 bits per heavy atom. The van der Waals surface area contributed by atoms with Crippen LogP contribution in [0.15, 0.2) is 70.6 Å². The zero-order chi connectivity index (χ0) is 31.5.